The maximum absolute atomic E-state index is 13.5. The number of rotatable bonds is 5. The topological polar surface area (TPSA) is 43.9 Å². The lowest BCUT2D eigenvalue weighted by atomic mass is 9.81. The SMILES string of the molecule is O=C1[C@H]2CCCC[C@H]2C(=O)N1CN1CCN(C(c2ccc(F)cc2)c2ccc(F)cc2)CC1. The third-order valence-electron chi connectivity index (χ3n) is 7.42. The van der Waals surface area contributed by atoms with Gasteiger partial charge in [0, 0.05) is 26.2 Å². The molecule has 2 atom stereocenters. The van der Waals surface area contributed by atoms with E-state index in [0.29, 0.717) is 19.8 Å². The second-order valence-electron chi connectivity index (χ2n) is 9.40. The van der Waals surface area contributed by atoms with Gasteiger partial charge in [-0.15, -0.1) is 0 Å². The van der Waals surface area contributed by atoms with Gasteiger partial charge in [-0.3, -0.25) is 24.3 Å². The molecule has 3 fully saturated rings. The van der Waals surface area contributed by atoms with Gasteiger partial charge in [0.25, 0.3) is 0 Å². The van der Waals surface area contributed by atoms with Crippen LogP contribution >= 0.6 is 0 Å². The Morgan fingerprint density at radius 3 is 1.64 bits per heavy atom. The highest BCUT2D eigenvalue weighted by Gasteiger charge is 2.48. The van der Waals surface area contributed by atoms with Gasteiger partial charge in [-0.2, -0.15) is 0 Å². The molecule has 5 nitrogen and oxygen atoms in total. The molecule has 2 saturated heterocycles. The zero-order valence-corrected chi connectivity index (χ0v) is 18.6. The summed E-state index contributed by atoms with van der Waals surface area (Å²) in [6, 6.07) is 12.8. The number of carbonyl (C=O) groups excluding carboxylic acids is 2. The fourth-order valence-electron chi connectivity index (χ4n) is 5.64. The van der Waals surface area contributed by atoms with Crippen LogP contribution in [0.4, 0.5) is 8.78 Å². The highest BCUT2D eigenvalue weighted by Crippen LogP contribution is 2.38. The number of piperazine rings is 1. The summed E-state index contributed by atoms with van der Waals surface area (Å²) in [7, 11) is 0. The van der Waals surface area contributed by atoms with Gasteiger partial charge in [-0.05, 0) is 48.2 Å². The molecule has 33 heavy (non-hydrogen) atoms. The molecule has 3 aliphatic rings. The second-order valence-corrected chi connectivity index (χ2v) is 9.40. The van der Waals surface area contributed by atoms with Gasteiger partial charge in [0.05, 0.1) is 24.5 Å². The predicted molar refractivity (Wildman–Crippen MR) is 120 cm³/mol. The van der Waals surface area contributed by atoms with Gasteiger partial charge in [-0.1, -0.05) is 37.1 Å². The Kier molecular flexibility index (Phi) is 6.25. The summed E-state index contributed by atoms with van der Waals surface area (Å²) >= 11 is 0. The van der Waals surface area contributed by atoms with Crippen LogP contribution in [0.3, 0.4) is 0 Å². The zero-order chi connectivity index (χ0) is 22.9. The van der Waals surface area contributed by atoms with Crippen molar-refractivity contribution in [1.29, 1.82) is 0 Å². The van der Waals surface area contributed by atoms with Crippen molar-refractivity contribution >= 4 is 11.8 Å². The minimum absolute atomic E-state index is 0.00244. The first-order valence-corrected chi connectivity index (χ1v) is 11.8. The highest BCUT2D eigenvalue weighted by molar-refractivity contribution is 6.05. The summed E-state index contributed by atoms with van der Waals surface area (Å²) in [5, 5.41) is 0. The molecule has 0 unspecified atom stereocenters. The summed E-state index contributed by atoms with van der Waals surface area (Å²) in [6.07, 6.45) is 3.72. The average Bonchev–Trinajstić information content (AvgIpc) is 3.08. The maximum Gasteiger partial charge on any atom is 0.234 e. The maximum atomic E-state index is 13.5. The van der Waals surface area contributed by atoms with Crippen molar-refractivity contribution in [3.05, 3.63) is 71.3 Å². The van der Waals surface area contributed by atoms with Gasteiger partial charge < -0.3 is 0 Å². The average molecular weight is 454 g/mol. The Balaban J connectivity index is 1.28. The second kappa shape index (κ2) is 9.31. The van der Waals surface area contributed by atoms with E-state index in [0.717, 1.165) is 49.9 Å². The number of amides is 2. The quantitative estimate of drug-likeness (QED) is 0.646. The fraction of sp³-hybridized carbons (Fsp3) is 0.462. The number of hydrogen-bond acceptors (Lipinski definition) is 4. The summed E-state index contributed by atoms with van der Waals surface area (Å²) in [6.45, 7) is 3.23. The van der Waals surface area contributed by atoms with Crippen LogP contribution in [0.5, 0.6) is 0 Å². The summed E-state index contributed by atoms with van der Waals surface area (Å²) < 4.78 is 27.1. The van der Waals surface area contributed by atoms with Crippen LogP contribution in [0.25, 0.3) is 0 Å². The molecular formula is C26H29F2N3O2. The number of carbonyl (C=O) groups is 2. The van der Waals surface area contributed by atoms with Crippen LogP contribution in [-0.4, -0.2) is 59.4 Å². The van der Waals surface area contributed by atoms with E-state index >= 15 is 0 Å². The van der Waals surface area contributed by atoms with Crippen LogP contribution in [0.1, 0.15) is 42.9 Å². The molecule has 2 heterocycles. The third kappa shape index (κ3) is 4.44. The lowest BCUT2D eigenvalue weighted by Crippen LogP contribution is -2.52. The first kappa shape index (κ1) is 22.2. The van der Waals surface area contributed by atoms with E-state index in [1.54, 1.807) is 24.3 Å². The molecule has 5 rings (SSSR count). The van der Waals surface area contributed by atoms with Crippen LogP contribution in [0.15, 0.2) is 48.5 Å². The number of hydrogen-bond donors (Lipinski definition) is 0. The molecule has 2 aliphatic heterocycles. The molecule has 174 valence electrons. The van der Waals surface area contributed by atoms with Crippen LogP contribution in [0.2, 0.25) is 0 Å². The lowest BCUT2D eigenvalue weighted by molar-refractivity contribution is -0.142. The number of imide groups is 1. The van der Waals surface area contributed by atoms with Crippen molar-refractivity contribution in [3.8, 4) is 0 Å². The van der Waals surface area contributed by atoms with Gasteiger partial charge in [-0.25, -0.2) is 8.78 Å². The molecule has 2 amide bonds. The van der Waals surface area contributed by atoms with E-state index in [-0.39, 0.29) is 41.3 Å². The molecule has 1 saturated carbocycles. The number of nitrogens with zero attached hydrogens (tertiary/aromatic N) is 3. The smallest absolute Gasteiger partial charge is 0.234 e. The van der Waals surface area contributed by atoms with E-state index in [4.69, 9.17) is 0 Å². The molecule has 0 bridgehead atoms. The Hall–Kier alpha value is -2.64. The van der Waals surface area contributed by atoms with E-state index in [9.17, 15) is 18.4 Å². The summed E-state index contributed by atoms with van der Waals surface area (Å²) in [5.41, 5.74) is 1.90. The van der Waals surface area contributed by atoms with Crippen molar-refractivity contribution in [2.45, 2.75) is 31.7 Å². The number of benzene rings is 2. The number of fused-ring (bicyclic) bond motifs is 1. The van der Waals surface area contributed by atoms with E-state index in [1.165, 1.54) is 29.2 Å². The summed E-state index contributed by atoms with van der Waals surface area (Å²) in [5.74, 6) is -0.808. The predicted octanol–water partition coefficient (Wildman–Crippen LogP) is 3.80. The zero-order valence-electron chi connectivity index (χ0n) is 18.6. The molecule has 1 aliphatic carbocycles. The Morgan fingerprint density at radius 1 is 0.727 bits per heavy atom. The molecule has 0 aromatic heterocycles. The molecule has 2 aromatic rings. The molecular weight excluding hydrogens is 424 g/mol. The fourth-order valence-corrected chi connectivity index (χ4v) is 5.64. The number of likely N-dealkylation sites (tertiary alicyclic amines) is 1. The molecule has 7 heteroatoms. The van der Waals surface area contributed by atoms with Gasteiger partial charge in [0.15, 0.2) is 0 Å². The molecule has 0 N–H and O–H groups in total. The first-order valence-electron chi connectivity index (χ1n) is 11.8. The van der Waals surface area contributed by atoms with Gasteiger partial charge in [0.1, 0.15) is 11.6 Å². The minimum atomic E-state index is -0.290. The third-order valence-corrected chi connectivity index (χ3v) is 7.42. The lowest BCUT2D eigenvalue weighted by Gasteiger charge is -2.40. The highest BCUT2D eigenvalue weighted by atomic mass is 19.1. The Labute approximate surface area is 193 Å². The van der Waals surface area contributed by atoms with Crippen molar-refractivity contribution in [3.63, 3.8) is 0 Å². The van der Waals surface area contributed by atoms with Gasteiger partial charge >= 0.3 is 0 Å². The standard InChI is InChI=1S/C26H29F2N3O2/c27-20-9-5-18(6-10-20)24(19-7-11-21(28)12-8-19)30-15-13-29(14-16-30)17-31-25(32)22-3-1-2-4-23(22)26(31)33/h5-12,22-24H,1-4,13-17H2/t22-,23+. The Bertz CT molecular complexity index is 934. The Morgan fingerprint density at radius 2 is 1.18 bits per heavy atom. The monoisotopic (exact) mass is 453 g/mol. The molecule has 0 radical (unpaired) electrons. The van der Waals surface area contributed by atoms with E-state index < -0.39 is 0 Å². The van der Waals surface area contributed by atoms with Crippen LogP contribution in [-0.2, 0) is 9.59 Å². The largest absolute Gasteiger partial charge is 0.290 e. The molecule has 2 aromatic carbocycles. The first-order chi connectivity index (χ1) is 16.0. The molecule has 0 spiro atoms. The van der Waals surface area contributed by atoms with Crippen molar-refractivity contribution < 1.29 is 18.4 Å². The van der Waals surface area contributed by atoms with E-state index in [1.807, 2.05) is 0 Å². The number of halogens is 2. The minimum Gasteiger partial charge on any atom is -0.290 e. The van der Waals surface area contributed by atoms with Crippen molar-refractivity contribution in [2.24, 2.45) is 11.8 Å². The normalized spacial score (nSPS) is 24.5. The van der Waals surface area contributed by atoms with Crippen molar-refractivity contribution in [1.82, 2.24) is 14.7 Å². The van der Waals surface area contributed by atoms with Crippen LogP contribution in [0, 0.1) is 23.5 Å². The van der Waals surface area contributed by atoms with Gasteiger partial charge in [0.2, 0.25) is 11.8 Å². The van der Waals surface area contributed by atoms with Crippen LogP contribution < -0.4 is 0 Å². The van der Waals surface area contributed by atoms with Crippen molar-refractivity contribution in [2.75, 3.05) is 32.8 Å². The summed E-state index contributed by atoms with van der Waals surface area (Å²) in [4.78, 5) is 31.6. The van der Waals surface area contributed by atoms with E-state index in [2.05, 4.69) is 9.80 Å².